The van der Waals surface area contributed by atoms with Gasteiger partial charge in [-0.15, -0.1) is 0 Å². The highest BCUT2D eigenvalue weighted by atomic mass is 16.6. The lowest BCUT2D eigenvalue weighted by Crippen LogP contribution is -2.36. The minimum atomic E-state index is -1.15. The topological polar surface area (TPSA) is 134 Å². The van der Waals surface area contributed by atoms with Crippen LogP contribution in [0.1, 0.15) is 5.56 Å². The van der Waals surface area contributed by atoms with Gasteiger partial charge in [-0.25, -0.2) is 9.97 Å². The van der Waals surface area contributed by atoms with Gasteiger partial charge in [-0.05, 0) is 6.92 Å². The van der Waals surface area contributed by atoms with Gasteiger partial charge in [0.15, 0.2) is 6.23 Å². The van der Waals surface area contributed by atoms with Crippen LogP contribution in [0.3, 0.4) is 0 Å². The molecule has 6 N–H and O–H groups in total. The average Bonchev–Trinajstić information content (AvgIpc) is 2.63. The number of nitrogens with zero attached hydrogens (tertiary/aromatic N) is 2. The fourth-order valence-electron chi connectivity index (χ4n) is 1.76. The van der Waals surface area contributed by atoms with Crippen LogP contribution < -0.4 is 11.1 Å². The van der Waals surface area contributed by atoms with E-state index in [4.69, 9.17) is 15.6 Å². The summed E-state index contributed by atoms with van der Waals surface area (Å²) in [5.41, 5.74) is 6.25. The van der Waals surface area contributed by atoms with Gasteiger partial charge in [0.2, 0.25) is 0 Å². The number of anilines is 2. The van der Waals surface area contributed by atoms with Gasteiger partial charge in [0.05, 0.1) is 6.61 Å². The summed E-state index contributed by atoms with van der Waals surface area (Å²) in [6, 6.07) is 0. The van der Waals surface area contributed by atoms with E-state index in [0.717, 1.165) is 0 Å². The Morgan fingerprint density at radius 2 is 2.11 bits per heavy atom. The lowest BCUT2D eigenvalue weighted by atomic mass is 10.1. The van der Waals surface area contributed by atoms with Crippen LogP contribution >= 0.6 is 0 Å². The van der Waals surface area contributed by atoms with Crippen LogP contribution in [0.4, 0.5) is 11.6 Å². The first-order valence-corrected chi connectivity index (χ1v) is 5.50. The van der Waals surface area contributed by atoms with Crippen molar-refractivity contribution in [1.82, 2.24) is 9.97 Å². The fraction of sp³-hybridized carbons (Fsp3) is 0.600. The highest BCUT2D eigenvalue weighted by molar-refractivity contribution is 5.54. The number of aliphatic hydroxyl groups excluding tert-OH is 3. The zero-order chi connectivity index (χ0) is 13.3. The van der Waals surface area contributed by atoms with Gasteiger partial charge in [0, 0.05) is 5.56 Å². The molecule has 0 aromatic carbocycles. The van der Waals surface area contributed by atoms with Crippen molar-refractivity contribution < 1.29 is 20.1 Å². The lowest BCUT2D eigenvalue weighted by Gasteiger charge is -2.18. The van der Waals surface area contributed by atoms with E-state index < -0.39 is 24.5 Å². The summed E-state index contributed by atoms with van der Waals surface area (Å²) in [6.45, 7) is 1.35. The van der Waals surface area contributed by atoms with Crippen molar-refractivity contribution in [3.63, 3.8) is 0 Å². The lowest BCUT2D eigenvalue weighted by molar-refractivity contribution is -0.0154. The summed E-state index contributed by atoms with van der Waals surface area (Å²) < 4.78 is 5.27. The molecule has 0 amide bonds. The summed E-state index contributed by atoms with van der Waals surface area (Å²) in [4.78, 5) is 7.79. The molecule has 0 bridgehead atoms. The Morgan fingerprint density at radius 1 is 1.39 bits per heavy atom. The molecular weight excluding hydrogens is 240 g/mol. The smallest absolute Gasteiger partial charge is 0.158 e. The van der Waals surface area contributed by atoms with Crippen LogP contribution in [0.15, 0.2) is 6.33 Å². The molecule has 1 aliphatic heterocycles. The molecule has 0 saturated carbocycles. The highest BCUT2D eigenvalue weighted by Crippen LogP contribution is 2.24. The third kappa shape index (κ3) is 2.23. The number of nitrogens with one attached hydrogen (secondary N) is 1. The summed E-state index contributed by atoms with van der Waals surface area (Å²) >= 11 is 0. The largest absolute Gasteiger partial charge is 0.394 e. The number of hydrogen-bond donors (Lipinski definition) is 5. The van der Waals surface area contributed by atoms with Gasteiger partial charge >= 0.3 is 0 Å². The second kappa shape index (κ2) is 5.02. The molecule has 1 aliphatic rings. The molecule has 0 radical (unpaired) electrons. The Kier molecular flexibility index (Phi) is 3.62. The van der Waals surface area contributed by atoms with Gasteiger partial charge in [-0.1, -0.05) is 0 Å². The van der Waals surface area contributed by atoms with Crippen molar-refractivity contribution in [3.05, 3.63) is 11.9 Å². The maximum Gasteiger partial charge on any atom is 0.158 e. The Balaban J connectivity index is 2.13. The molecule has 1 fully saturated rings. The Hall–Kier alpha value is -1.48. The second-order valence-corrected chi connectivity index (χ2v) is 4.14. The van der Waals surface area contributed by atoms with Crippen molar-refractivity contribution in [1.29, 1.82) is 0 Å². The molecule has 1 aromatic heterocycles. The monoisotopic (exact) mass is 256 g/mol. The number of aliphatic hydroxyl groups is 3. The highest BCUT2D eigenvalue weighted by Gasteiger charge is 2.42. The number of nitrogen functional groups attached to an aromatic ring is 1. The Bertz CT molecular complexity index is 430. The van der Waals surface area contributed by atoms with Crippen LogP contribution in [-0.2, 0) is 4.74 Å². The molecule has 1 aromatic rings. The number of nitrogens with two attached hydrogens (primary N) is 1. The SMILES string of the molecule is Cc1c(N)ncnc1N[C@@H]1O[C@H](CO)[C@H](O)[C@H]1O. The first-order chi connectivity index (χ1) is 8.54. The van der Waals surface area contributed by atoms with Crippen molar-refractivity contribution in [2.75, 3.05) is 17.7 Å². The summed E-state index contributed by atoms with van der Waals surface area (Å²) in [7, 11) is 0. The summed E-state index contributed by atoms with van der Waals surface area (Å²) in [6.07, 6.45) is -2.70. The molecule has 8 heteroatoms. The van der Waals surface area contributed by atoms with E-state index in [0.29, 0.717) is 17.2 Å². The molecule has 2 rings (SSSR count). The first-order valence-electron chi connectivity index (χ1n) is 5.50. The zero-order valence-corrected chi connectivity index (χ0v) is 9.82. The van der Waals surface area contributed by atoms with Crippen LogP contribution in [0.5, 0.6) is 0 Å². The van der Waals surface area contributed by atoms with Crippen molar-refractivity contribution in [2.45, 2.75) is 31.5 Å². The number of rotatable bonds is 3. The number of ether oxygens (including phenoxy) is 1. The second-order valence-electron chi connectivity index (χ2n) is 4.14. The number of hydrogen-bond acceptors (Lipinski definition) is 8. The van der Waals surface area contributed by atoms with Gasteiger partial charge in [-0.2, -0.15) is 0 Å². The standard InChI is InChI=1S/C10H16N4O4/c1-4-8(11)12-3-13-9(4)14-10-7(17)6(16)5(2-15)18-10/h3,5-7,10,15-17H,2H2,1H3,(H3,11,12,13,14)/t5-,6+,7-,10-/m1/s1. The van der Waals surface area contributed by atoms with Crippen LogP contribution in [0, 0.1) is 6.92 Å². The normalized spacial score (nSPS) is 31.6. The van der Waals surface area contributed by atoms with E-state index in [-0.39, 0.29) is 6.61 Å². The van der Waals surface area contributed by atoms with E-state index in [1.165, 1.54) is 6.33 Å². The van der Waals surface area contributed by atoms with Gasteiger partial charge in [-0.3, -0.25) is 0 Å². The fourth-order valence-corrected chi connectivity index (χ4v) is 1.76. The Morgan fingerprint density at radius 3 is 2.72 bits per heavy atom. The van der Waals surface area contributed by atoms with E-state index >= 15 is 0 Å². The van der Waals surface area contributed by atoms with E-state index in [1.807, 2.05) is 0 Å². The maximum absolute atomic E-state index is 9.76. The molecule has 1 saturated heterocycles. The molecule has 0 spiro atoms. The van der Waals surface area contributed by atoms with Gasteiger partial charge in [0.1, 0.15) is 36.3 Å². The molecule has 8 nitrogen and oxygen atoms in total. The third-order valence-electron chi connectivity index (χ3n) is 2.94. The summed E-state index contributed by atoms with van der Waals surface area (Å²) in [5, 5.41) is 31.1. The van der Waals surface area contributed by atoms with E-state index in [2.05, 4.69) is 15.3 Å². The van der Waals surface area contributed by atoms with Crippen LogP contribution in [0.2, 0.25) is 0 Å². The molecule has 100 valence electrons. The third-order valence-corrected chi connectivity index (χ3v) is 2.94. The van der Waals surface area contributed by atoms with Crippen molar-refractivity contribution in [3.8, 4) is 0 Å². The van der Waals surface area contributed by atoms with Crippen LogP contribution in [0.25, 0.3) is 0 Å². The minimum absolute atomic E-state index is 0.319. The zero-order valence-electron chi connectivity index (χ0n) is 9.82. The molecule has 2 heterocycles. The average molecular weight is 256 g/mol. The van der Waals surface area contributed by atoms with Crippen molar-refractivity contribution >= 4 is 11.6 Å². The molecule has 18 heavy (non-hydrogen) atoms. The maximum atomic E-state index is 9.76. The predicted molar refractivity (Wildman–Crippen MR) is 62.6 cm³/mol. The van der Waals surface area contributed by atoms with Crippen LogP contribution in [-0.4, -0.2) is 56.4 Å². The van der Waals surface area contributed by atoms with E-state index in [1.54, 1.807) is 6.92 Å². The van der Waals surface area contributed by atoms with Crippen molar-refractivity contribution in [2.24, 2.45) is 0 Å². The molecule has 4 atom stereocenters. The minimum Gasteiger partial charge on any atom is -0.394 e. The quantitative estimate of drug-likeness (QED) is 0.428. The summed E-state index contributed by atoms with van der Waals surface area (Å²) in [5.74, 6) is 0.733. The van der Waals surface area contributed by atoms with Gasteiger partial charge in [0.25, 0.3) is 0 Å². The molecule has 0 unspecified atom stereocenters. The first kappa shape index (κ1) is 13.0. The Labute approximate surface area is 103 Å². The molecular formula is C10H16N4O4. The molecule has 0 aliphatic carbocycles. The number of aromatic nitrogens is 2. The van der Waals surface area contributed by atoms with Gasteiger partial charge < -0.3 is 31.1 Å². The predicted octanol–water partition coefficient (Wildman–Crippen LogP) is -1.78. The van der Waals surface area contributed by atoms with E-state index in [9.17, 15) is 10.2 Å².